The van der Waals surface area contributed by atoms with Crippen molar-refractivity contribution in [2.75, 3.05) is 46.9 Å². The van der Waals surface area contributed by atoms with Crippen molar-refractivity contribution in [3.8, 4) is 5.75 Å². The number of rotatable bonds is 4. The van der Waals surface area contributed by atoms with Crippen LogP contribution in [0.3, 0.4) is 0 Å². The summed E-state index contributed by atoms with van der Waals surface area (Å²) in [6.07, 6.45) is 3.41. The van der Waals surface area contributed by atoms with Crippen molar-refractivity contribution in [1.29, 1.82) is 0 Å². The van der Waals surface area contributed by atoms with Crippen molar-refractivity contribution in [3.63, 3.8) is 0 Å². The lowest BCUT2D eigenvalue weighted by molar-refractivity contribution is -0.142. The number of carbonyl (C=O) groups excluding carboxylic acids is 1. The molecular formula is C20H32IN5O3. The molecule has 0 aromatic carbocycles. The third-order valence-corrected chi connectivity index (χ3v) is 5.47. The van der Waals surface area contributed by atoms with Crippen LogP contribution in [0, 0.1) is 13.8 Å². The zero-order valence-corrected chi connectivity index (χ0v) is 20.1. The van der Waals surface area contributed by atoms with E-state index in [2.05, 4.69) is 20.2 Å². The number of methoxy groups -OCH3 is 1. The van der Waals surface area contributed by atoms with Crippen LogP contribution in [0.15, 0.2) is 11.2 Å². The third-order valence-electron chi connectivity index (χ3n) is 5.47. The van der Waals surface area contributed by atoms with Gasteiger partial charge in [-0.3, -0.25) is 14.8 Å². The highest BCUT2D eigenvalue weighted by atomic mass is 127. The van der Waals surface area contributed by atoms with Crippen molar-refractivity contribution >= 4 is 35.8 Å². The standard InChI is InChI=1S/C20H31N5O3.HI/c1-14-12-22-16(15(2)18(14)27-4)13-23-20(21-3)25-9-7-24(8-10-25)19(26)17-6-5-11-28-17;/h12,17H,5-11,13H2,1-4H3,(H,21,23);1H. The Hall–Kier alpha value is -1.62. The highest BCUT2D eigenvalue weighted by Gasteiger charge is 2.30. The Morgan fingerprint density at radius 2 is 2.00 bits per heavy atom. The molecule has 1 unspecified atom stereocenters. The maximum absolute atomic E-state index is 12.5. The maximum atomic E-state index is 12.5. The molecular weight excluding hydrogens is 485 g/mol. The van der Waals surface area contributed by atoms with Gasteiger partial charge >= 0.3 is 0 Å². The van der Waals surface area contributed by atoms with Gasteiger partial charge < -0.3 is 24.6 Å². The molecule has 3 rings (SSSR count). The molecule has 0 bridgehead atoms. The molecule has 2 fully saturated rings. The number of aromatic nitrogens is 1. The van der Waals surface area contributed by atoms with E-state index >= 15 is 0 Å². The Morgan fingerprint density at radius 1 is 1.31 bits per heavy atom. The highest BCUT2D eigenvalue weighted by molar-refractivity contribution is 14.0. The number of hydrogen-bond donors (Lipinski definition) is 1. The second kappa shape index (κ2) is 11.0. The van der Waals surface area contributed by atoms with Gasteiger partial charge in [0.15, 0.2) is 5.96 Å². The molecule has 9 heteroatoms. The van der Waals surface area contributed by atoms with E-state index in [9.17, 15) is 4.79 Å². The highest BCUT2D eigenvalue weighted by Crippen LogP contribution is 2.23. The largest absolute Gasteiger partial charge is 0.496 e. The third kappa shape index (κ3) is 5.50. The summed E-state index contributed by atoms with van der Waals surface area (Å²) in [5.41, 5.74) is 3.01. The predicted octanol–water partition coefficient (Wildman–Crippen LogP) is 1.72. The van der Waals surface area contributed by atoms with Gasteiger partial charge in [0.2, 0.25) is 0 Å². The van der Waals surface area contributed by atoms with Gasteiger partial charge in [-0.25, -0.2) is 0 Å². The van der Waals surface area contributed by atoms with Gasteiger partial charge in [0.25, 0.3) is 5.91 Å². The Morgan fingerprint density at radius 3 is 2.59 bits per heavy atom. The lowest BCUT2D eigenvalue weighted by Crippen LogP contribution is -2.55. The molecule has 2 saturated heterocycles. The fourth-order valence-corrected chi connectivity index (χ4v) is 3.86. The molecule has 162 valence electrons. The number of piperazine rings is 1. The molecule has 0 spiro atoms. The summed E-state index contributed by atoms with van der Waals surface area (Å²) in [5, 5.41) is 3.40. The first-order valence-electron chi connectivity index (χ1n) is 9.90. The van der Waals surface area contributed by atoms with E-state index in [-0.39, 0.29) is 36.0 Å². The van der Waals surface area contributed by atoms with E-state index in [1.807, 2.05) is 24.9 Å². The molecule has 8 nitrogen and oxygen atoms in total. The van der Waals surface area contributed by atoms with Crippen LogP contribution >= 0.6 is 24.0 Å². The second-order valence-electron chi connectivity index (χ2n) is 7.26. The molecule has 1 N–H and O–H groups in total. The minimum atomic E-state index is -0.241. The average Bonchev–Trinajstić information content (AvgIpc) is 3.25. The summed E-state index contributed by atoms with van der Waals surface area (Å²) in [5.74, 6) is 1.83. The van der Waals surface area contributed by atoms with Crippen molar-refractivity contribution < 1.29 is 14.3 Å². The summed E-state index contributed by atoms with van der Waals surface area (Å²) in [6.45, 7) is 8.17. The van der Waals surface area contributed by atoms with Crippen molar-refractivity contribution in [2.45, 2.75) is 39.3 Å². The van der Waals surface area contributed by atoms with Crippen molar-refractivity contribution in [3.05, 3.63) is 23.0 Å². The van der Waals surface area contributed by atoms with E-state index in [1.54, 1.807) is 14.2 Å². The number of guanidine groups is 1. The van der Waals surface area contributed by atoms with E-state index in [1.165, 1.54) is 0 Å². The lowest BCUT2D eigenvalue weighted by Gasteiger charge is -2.37. The van der Waals surface area contributed by atoms with Gasteiger partial charge in [0.1, 0.15) is 11.9 Å². The van der Waals surface area contributed by atoms with Crippen LogP contribution in [-0.2, 0) is 16.1 Å². The van der Waals surface area contributed by atoms with Crippen LogP contribution in [-0.4, -0.2) is 79.7 Å². The summed E-state index contributed by atoms with van der Waals surface area (Å²) in [7, 11) is 3.46. The Labute approximate surface area is 190 Å². The number of carbonyl (C=O) groups is 1. The normalized spacial score (nSPS) is 19.7. The average molecular weight is 517 g/mol. The minimum absolute atomic E-state index is 0. The van der Waals surface area contributed by atoms with E-state index in [0.717, 1.165) is 54.5 Å². The molecule has 1 aromatic rings. The van der Waals surface area contributed by atoms with Gasteiger partial charge in [0.05, 0.1) is 19.3 Å². The number of aliphatic imine (C=N–C) groups is 1. The number of amides is 1. The molecule has 0 radical (unpaired) electrons. The first-order chi connectivity index (χ1) is 13.5. The summed E-state index contributed by atoms with van der Waals surface area (Å²) in [4.78, 5) is 25.5. The molecule has 1 aromatic heterocycles. The molecule has 1 amide bonds. The number of halogens is 1. The molecule has 3 heterocycles. The van der Waals surface area contributed by atoms with Crippen molar-refractivity contribution in [2.24, 2.45) is 4.99 Å². The molecule has 2 aliphatic heterocycles. The van der Waals surface area contributed by atoms with Gasteiger partial charge in [-0.15, -0.1) is 24.0 Å². The van der Waals surface area contributed by atoms with E-state index in [0.29, 0.717) is 26.2 Å². The first kappa shape index (κ1) is 23.7. The molecule has 29 heavy (non-hydrogen) atoms. The zero-order valence-electron chi connectivity index (χ0n) is 17.7. The van der Waals surface area contributed by atoms with Crippen LogP contribution in [0.25, 0.3) is 0 Å². The molecule has 1 atom stereocenters. The smallest absolute Gasteiger partial charge is 0.251 e. The predicted molar refractivity (Wildman–Crippen MR) is 123 cm³/mol. The van der Waals surface area contributed by atoms with Crippen LogP contribution < -0.4 is 10.1 Å². The molecule has 0 aliphatic carbocycles. The van der Waals surface area contributed by atoms with Crippen LogP contribution in [0.1, 0.15) is 29.7 Å². The lowest BCUT2D eigenvalue weighted by atomic mass is 10.1. The number of nitrogens with one attached hydrogen (secondary N) is 1. The van der Waals surface area contributed by atoms with Crippen LogP contribution in [0.5, 0.6) is 5.75 Å². The van der Waals surface area contributed by atoms with Gasteiger partial charge in [-0.05, 0) is 26.7 Å². The van der Waals surface area contributed by atoms with Gasteiger partial charge in [0, 0.05) is 57.2 Å². The summed E-state index contributed by atoms with van der Waals surface area (Å²) in [6, 6.07) is 0. The monoisotopic (exact) mass is 517 g/mol. The zero-order chi connectivity index (χ0) is 20.1. The van der Waals surface area contributed by atoms with Crippen molar-refractivity contribution in [1.82, 2.24) is 20.1 Å². The Bertz CT molecular complexity index is 729. The van der Waals surface area contributed by atoms with Gasteiger partial charge in [-0.1, -0.05) is 0 Å². The number of aryl methyl sites for hydroxylation is 1. The number of pyridine rings is 1. The van der Waals surface area contributed by atoms with Crippen LogP contribution in [0.4, 0.5) is 0 Å². The Balaban J connectivity index is 0.00000300. The maximum Gasteiger partial charge on any atom is 0.251 e. The number of ether oxygens (including phenoxy) is 2. The number of hydrogen-bond acceptors (Lipinski definition) is 5. The SMILES string of the molecule is CN=C(NCc1ncc(C)c(OC)c1C)N1CCN(C(=O)C2CCCO2)CC1.I. The molecule has 2 aliphatic rings. The van der Waals surface area contributed by atoms with Gasteiger partial charge in [-0.2, -0.15) is 0 Å². The summed E-state index contributed by atoms with van der Waals surface area (Å²) >= 11 is 0. The van der Waals surface area contributed by atoms with E-state index < -0.39 is 0 Å². The minimum Gasteiger partial charge on any atom is -0.496 e. The first-order valence-corrected chi connectivity index (χ1v) is 9.90. The fraction of sp³-hybridized carbons (Fsp3) is 0.650. The fourth-order valence-electron chi connectivity index (χ4n) is 3.86. The quantitative estimate of drug-likeness (QED) is 0.373. The number of nitrogens with zero attached hydrogens (tertiary/aromatic N) is 4. The topological polar surface area (TPSA) is 79.3 Å². The van der Waals surface area contributed by atoms with Crippen LogP contribution in [0.2, 0.25) is 0 Å². The Kier molecular flexibility index (Phi) is 8.94. The van der Waals surface area contributed by atoms with E-state index in [4.69, 9.17) is 9.47 Å². The summed E-state index contributed by atoms with van der Waals surface area (Å²) < 4.78 is 11.0. The molecule has 0 saturated carbocycles. The second-order valence-corrected chi connectivity index (χ2v) is 7.26.